The quantitative estimate of drug-likeness (QED) is 0.774. The van der Waals surface area contributed by atoms with Crippen LogP contribution in [0.25, 0.3) is 11.3 Å². The Labute approximate surface area is 87.4 Å². The first-order chi connectivity index (χ1) is 7.09. The van der Waals surface area contributed by atoms with E-state index in [1.54, 1.807) is 17.0 Å². The Morgan fingerprint density at radius 3 is 2.67 bits per heavy atom. The van der Waals surface area contributed by atoms with Gasteiger partial charge in [0.05, 0.1) is 6.33 Å². The highest BCUT2D eigenvalue weighted by Crippen LogP contribution is 2.26. The Kier molecular flexibility index (Phi) is 2.19. The van der Waals surface area contributed by atoms with Gasteiger partial charge < -0.3 is 10.3 Å². The highest BCUT2D eigenvalue weighted by atomic mass is 19.1. The third-order valence-electron chi connectivity index (χ3n) is 2.43. The van der Waals surface area contributed by atoms with Gasteiger partial charge >= 0.3 is 0 Å². The van der Waals surface area contributed by atoms with Gasteiger partial charge in [-0.05, 0) is 30.7 Å². The number of benzene rings is 1. The smallest absolute Gasteiger partial charge is 0.131 e. The predicted molar refractivity (Wildman–Crippen MR) is 57.8 cm³/mol. The SMILES string of the molecule is Cc1cc(F)ccc1-c1ncn(C)c1N. The van der Waals surface area contributed by atoms with Gasteiger partial charge in [-0.2, -0.15) is 0 Å². The van der Waals surface area contributed by atoms with E-state index in [4.69, 9.17) is 5.73 Å². The van der Waals surface area contributed by atoms with Crippen LogP contribution < -0.4 is 5.73 Å². The van der Waals surface area contributed by atoms with Crippen LogP contribution in [0.2, 0.25) is 0 Å². The highest BCUT2D eigenvalue weighted by Gasteiger charge is 2.10. The van der Waals surface area contributed by atoms with E-state index in [2.05, 4.69) is 4.98 Å². The second-order valence-corrected chi connectivity index (χ2v) is 3.55. The van der Waals surface area contributed by atoms with Crippen molar-refractivity contribution < 1.29 is 4.39 Å². The lowest BCUT2D eigenvalue weighted by atomic mass is 10.1. The van der Waals surface area contributed by atoms with Crippen molar-refractivity contribution in [3.63, 3.8) is 0 Å². The van der Waals surface area contributed by atoms with Crippen molar-refractivity contribution in [2.45, 2.75) is 6.92 Å². The molecular formula is C11H12FN3. The molecule has 2 rings (SSSR count). The van der Waals surface area contributed by atoms with Crippen LogP contribution in [0.3, 0.4) is 0 Å². The van der Waals surface area contributed by atoms with Gasteiger partial charge in [-0.1, -0.05) is 0 Å². The molecule has 0 spiro atoms. The molecule has 3 nitrogen and oxygen atoms in total. The van der Waals surface area contributed by atoms with Crippen LogP contribution in [0.15, 0.2) is 24.5 Å². The Balaban J connectivity index is 2.59. The summed E-state index contributed by atoms with van der Waals surface area (Å²) in [5, 5.41) is 0. The monoisotopic (exact) mass is 205 g/mol. The van der Waals surface area contributed by atoms with Crippen molar-refractivity contribution in [2.75, 3.05) is 5.73 Å². The van der Waals surface area contributed by atoms with E-state index in [1.165, 1.54) is 12.1 Å². The summed E-state index contributed by atoms with van der Waals surface area (Å²) in [6, 6.07) is 4.59. The number of rotatable bonds is 1. The van der Waals surface area contributed by atoms with Gasteiger partial charge in [-0.25, -0.2) is 9.37 Å². The second-order valence-electron chi connectivity index (χ2n) is 3.55. The van der Waals surface area contributed by atoms with Crippen LogP contribution in [-0.2, 0) is 7.05 Å². The third kappa shape index (κ3) is 1.58. The number of hydrogen-bond acceptors (Lipinski definition) is 2. The van der Waals surface area contributed by atoms with Gasteiger partial charge in [0.2, 0.25) is 0 Å². The maximum Gasteiger partial charge on any atom is 0.131 e. The molecule has 4 heteroatoms. The molecule has 0 aliphatic rings. The number of anilines is 1. The van der Waals surface area contributed by atoms with Gasteiger partial charge in [0, 0.05) is 12.6 Å². The lowest BCUT2D eigenvalue weighted by Gasteiger charge is -2.04. The van der Waals surface area contributed by atoms with Crippen molar-refractivity contribution in [1.82, 2.24) is 9.55 Å². The maximum absolute atomic E-state index is 12.9. The molecule has 0 radical (unpaired) electrons. The van der Waals surface area contributed by atoms with Crippen LogP contribution in [0, 0.1) is 12.7 Å². The van der Waals surface area contributed by atoms with Gasteiger partial charge in [-0.3, -0.25) is 0 Å². The minimum atomic E-state index is -0.245. The lowest BCUT2D eigenvalue weighted by molar-refractivity contribution is 0.627. The molecule has 1 heterocycles. The summed E-state index contributed by atoms with van der Waals surface area (Å²) in [7, 11) is 1.82. The fraction of sp³-hybridized carbons (Fsp3) is 0.182. The molecule has 78 valence electrons. The summed E-state index contributed by atoms with van der Waals surface area (Å²) < 4.78 is 14.6. The van der Waals surface area contributed by atoms with Gasteiger partial charge in [0.25, 0.3) is 0 Å². The summed E-state index contributed by atoms with van der Waals surface area (Å²) >= 11 is 0. The van der Waals surface area contributed by atoms with Crippen LogP contribution >= 0.6 is 0 Å². The largest absolute Gasteiger partial charge is 0.383 e. The van der Waals surface area contributed by atoms with Crippen LogP contribution in [0.5, 0.6) is 0 Å². The van der Waals surface area contributed by atoms with E-state index in [9.17, 15) is 4.39 Å². The number of aromatic nitrogens is 2. The fourth-order valence-corrected chi connectivity index (χ4v) is 1.54. The standard InChI is InChI=1S/C11H12FN3/c1-7-5-8(12)3-4-9(7)10-11(13)15(2)6-14-10/h3-6H,13H2,1-2H3. The maximum atomic E-state index is 12.9. The van der Waals surface area contributed by atoms with E-state index < -0.39 is 0 Å². The zero-order valence-electron chi connectivity index (χ0n) is 8.66. The summed E-state index contributed by atoms with van der Waals surface area (Å²) in [4.78, 5) is 4.19. The van der Waals surface area contributed by atoms with E-state index in [1.807, 2.05) is 14.0 Å². The Bertz CT molecular complexity index is 503. The minimum absolute atomic E-state index is 0.245. The van der Waals surface area contributed by atoms with E-state index >= 15 is 0 Å². The highest BCUT2D eigenvalue weighted by molar-refractivity contribution is 5.72. The van der Waals surface area contributed by atoms with Crippen molar-refractivity contribution in [2.24, 2.45) is 7.05 Å². The number of nitrogens with two attached hydrogens (primary N) is 1. The zero-order chi connectivity index (χ0) is 11.0. The zero-order valence-corrected chi connectivity index (χ0v) is 8.66. The summed E-state index contributed by atoms with van der Waals surface area (Å²) in [6.07, 6.45) is 1.65. The number of nitrogen functional groups attached to an aromatic ring is 1. The van der Waals surface area contributed by atoms with Crippen LogP contribution in [0.1, 0.15) is 5.56 Å². The summed E-state index contributed by atoms with van der Waals surface area (Å²) in [5.41, 5.74) is 8.26. The number of halogens is 1. The molecule has 2 aromatic rings. The van der Waals surface area contributed by atoms with Gasteiger partial charge in [0.1, 0.15) is 17.3 Å². The molecular weight excluding hydrogens is 193 g/mol. The topological polar surface area (TPSA) is 43.8 Å². The predicted octanol–water partition coefficient (Wildman–Crippen LogP) is 2.12. The molecule has 0 fully saturated rings. The number of nitrogens with zero attached hydrogens (tertiary/aromatic N) is 2. The normalized spacial score (nSPS) is 10.6. The second kappa shape index (κ2) is 3.38. The Morgan fingerprint density at radius 1 is 1.40 bits per heavy atom. The molecule has 0 bridgehead atoms. The fourth-order valence-electron chi connectivity index (χ4n) is 1.54. The van der Waals surface area contributed by atoms with Crippen molar-refractivity contribution in [3.05, 3.63) is 35.9 Å². The summed E-state index contributed by atoms with van der Waals surface area (Å²) in [6.45, 7) is 1.84. The average Bonchev–Trinajstić information content (AvgIpc) is 2.49. The molecule has 0 atom stereocenters. The molecule has 1 aromatic carbocycles. The lowest BCUT2D eigenvalue weighted by Crippen LogP contribution is -1.96. The minimum Gasteiger partial charge on any atom is -0.383 e. The third-order valence-corrected chi connectivity index (χ3v) is 2.43. The number of imidazole rings is 1. The van der Waals surface area contributed by atoms with E-state index in [0.29, 0.717) is 11.5 Å². The molecule has 0 amide bonds. The van der Waals surface area contributed by atoms with Gasteiger partial charge in [-0.15, -0.1) is 0 Å². The molecule has 0 saturated carbocycles. The van der Waals surface area contributed by atoms with Gasteiger partial charge in [0.15, 0.2) is 0 Å². The first kappa shape index (κ1) is 9.71. The first-order valence-corrected chi connectivity index (χ1v) is 4.63. The molecule has 0 saturated heterocycles. The average molecular weight is 205 g/mol. The van der Waals surface area contributed by atoms with Crippen LogP contribution in [0.4, 0.5) is 10.2 Å². The number of aryl methyl sites for hydroxylation is 2. The molecule has 1 aromatic heterocycles. The van der Waals surface area contributed by atoms with Crippen molar-refractivity contribution >= 4 is 5.82 Å². The van der Waals surface area contributed by atoms with Crippen molar-refractivity contribution in [1.29, 1.82) is 0 Å². The molecule has 0 unspecified atom stereocenters. The first-order valence-electron chi connectivity index (χ1n) is 4.63. The molecule has 15 heavy (non-hydrogen) atoms. The number of hydrogen-bond donors (Lipinski definition) is 1. The molecule has 0 aliphatic carbocycles. The van der Waals surface area contributed by atoms with Crippen LogP contribution in [-0.4, -0.2) is 9.55 Å². The Morgan fingerprint density at radius 2 is 2.13 bits per heavy atom. The Hall–Kier alpha value is -1.84. The van der Waals surface area contributed by atoms with Crippen molar-refractivity contribution in [3.8, 4) is 11.3 Å². The molecule has 0 aliphatic heterocycles. The summed E-state index contributed by atoms with van der Waals surface area (Å²) in [5.74, 6) is 0.343. The van der Waals surface area contributed by atoms with E-state index in [-0.39, 0.29) is 5.82 Å². The molecule has 2 N–H and O–H groups in total. The van der Waals surface area contributed by atoms with E-state index in [0.717, 1.165) is 11.1 Å².